The number of carbonyl (C=O) groups excluding carboxylic acids is 1. The maximum absolute atomic E-state index is 10.7. The minimum atomic E-state index is -0.429. The summed E-state index contributed by atoms with van der Waals surface area (Å²) in [4.78, 5) is 18.8. The molecule has 15 heavy (non-hydrogen) atoms. The number of hydrogen-bond acceptors (Lipinski definition) is 4. The van der Waals surface area contributed by atoms with Gasteiger partial charge in [-0.2, -0.15) is 0 Å². The topological polar surface area (TPSA) is 52.1 Å². The molecule has 0 aliphatic rings. The van der Waals surface area contributed by atoms with Crippen molar-refractivity contribution in [3.8, 4) is 5.75 Å². The third-order valence-electron chi connectivity index (χ3n) is 1.77. The van der Waals surface area contributed by atoms with Crippen LogP contribution >= 0.6 is 11.6 Å². The van der Waals surface area contributed by atoms with E-state index in [1.807, 2.05) is 0 Å². The molecule has 0 saturated carbocycles. The number of unbranched alkanes of at least 4 members (excludes halogenated alkanes) is 1. The van der Waals surface area contributed by atoms with Crippen molar-refractivity contribution in [3.05, 3.63) is 17.2 Å². The highest BCUT2D eigenvalue weighted by Crippen LogP contribution is 2.20. The Labute approximate surface area is 93.6 Å². The largest absolute Gasteiger partial charge is 0.422 e. The summed E-state index contributed by atoms with van der Waals surface area (Å²) in [6.07, 6.45) is 4.31. The lowest BCUT2D eigenvalue weighted by Gasteiger charge is -2.04. The molecule has 0 aliphatic carbocycles. The average Bonchev–Trinajstić information content (AvgIpc) is 2.18. The van der Waals surface area contributed by atoms with Crippen LogP contribution in [0.3, 0.4) is 0 Å². The van der Waals surface area contributed by atoms with Crippen molar-refractivity contribution in [2.45, 2.75) is 33.1 Å². The molecule has 1 aromatic heterocycles. The number of aryl methyl sites for hydroxylation is 1. The maximum atomic E-state index is 10.7. The summed E-state index contributed by atoms with van der Waals surface area (Å²) in [6, 6.07) is 0. The number of carbonyl (C=O) groups is 1. The third kappa shape index (κ3) is 3.83. The highest BCUT2D eigenvalue weighted by molar-refractivity contribution is 6.30. The molecule has 4 nitrogen and oxygen atoms in total. The summed E-state index contributed by atoms with van der Waals surface area (Å²) in [5.41, 5.74) is 0. The fourth-order valence-corrected chi connectivity index (χ4v) is 1.25. The quantitative estimate of drug-likeness (QED) is 0.587. The lowest BCUT2D eigenvalue weighted by Crippen LogP contribution is -2.04. The van der Waals surface area contributed by atoms with Gasteiger partial charge in [-0.15, -0.1) is 0 Å². The van der Waals surface area contributed by atoms with E-state index >= 15 is 0 Å². The smallest absolute Gasteiger partial charge is 0.308 e. The van der Waals surface area contributed by atoms with E-state index in [4.69, 9.17) is 16.3 Å². The number of nitrogens with zero attached hydrogens (tertiary/aromatic N) is 2. The lowest BCUT2D eigenvalue weighted by atomic mass is 10.2. The Bertz CT molecular complexity index is 355. The second-order valence-electron chi connectivity index (χ2n) is 3.14. The van der Waals surface area contributed by atoms with Crippen LogP contribution in [0.4, 0.5) is 0 Å². The number of halogens is 1. The minimum Gasteiger partial charge on any atom is -0.422 e. The molecular formula is C10H13ClN2O2. The second kappa shape index (κ2) is 5.66. The molecule has 0 N–H and O–H groups in total. The highest BCUT2D eigenvalue weighted by atomic mass is 35.5. The zero-order valence-corrected chi connectivity index (χ0v) is 9.54. The van der Waals surface area contributed by atoms with Gasteiger partial charge in [0, 0.05) is 13.3 Å². The molecular weight excluding hydrogens is 216 g/mol. The van der Waals surface area contributed by atoms with Crippen LogP contribution in [0.15, 0.2) is 6.20 Å². The maximum Gasteiger partial charge on any atom is 0.308 e. The molecule has 0 unspecified atom stereocenters. The van der Waals surface area contributed by atoms with E-state index in [1.54, 1.807) is 0 Å². The van der Waals surface area contributed by atoms with E-state index in [2.05, 4.69) is 16.9 Å². The first-order valence-electron chi connectivity index (χ1n) is 4.83. The molecule has 0 atom stereocenters. The molecule has 1 rings (SSSR count). The molecule has 0 aliphatic heterocycles. The minimum absolute atomic E-state index is 0.186. The van der Waals surface area contributed by atoms with E-state index in [0.29, 0.717) is 5.82 Å². The van der Waals surface area contributed by atoms with Gasteiger partial charge < -0.3 is 4.74 Å². The normalized spacial score (nSPS) is 10.1. The van der Waals surface area contributed by atoms with E-state index in [1.165, 1.54) is 13.1 Å². The van der Waals surface area contributed by atoms with Gasteiger partial charge in [0.2, 0.25) is 0 Å². The molecule has 0 bridgehead atoms. The molecule has 1 heterocycles. The first-order chi connectivity index (χ1) is 7.13. The van der Waals surface area contributed by atoms with Crippen LogP contribution < -0.4 is 4.74 Å². The number of aromatic nitrogens is 2. The fourth-order valence-electron chi connectivity index (χ4n) is 1.06. The Kier molecular flexibility index (Phi) is 4.49. The van der Waals surface area contributed by atoms with Gasteiger partial charge in [0.1, 0.15) is 5.82 Å². The third-order valence-corrected chi connectivity index (χ3v) is 2.04. The van der Waals surface area contributed by atoms with Crippen molar-refractivity contribution in [2.75, 3.05) is 0 Å². The number of hydrogen-bond donors (Lipinski definition) is 0. The summed E-state index contributed by atoms with van der Waals surface area (Å²) >= 11 is 5.82. The highest BCUT2D eigenvalue weighted by Gasteiger charge is 2.07. The van der Waals surface area contributed by atoms with Gasteiger partial charge in [-0.3, -0.25) is 4.79 Å². The molecule has 82 valence electrons. The van der Waals surface area contributed by atoms with Crippen molar-refractivity contribution in [3.63, 3.8) is 0 Å². The SMILES string of the molecule is CCCCc1ncc(OC(C)=O)c(Cl)n1. The molecule has 0 saturated heterocycles. The van der Waals surface area contributed by atoms with E-state index in [-0.39, 0.29) is 10.9 Å². The molecule has 5 heteroatoms. The molecule has 0 fully saturated rings. The Balaban J connectivity index is 2.74. The standard InChI is InChI=1S/C10H13ClN2O2/c1-3-4-5-9-12-6-8(10(11)13-9)15-7(2)14/h6H,3-5H2,1-2H3. The number of rotatable bonds is 4. The monoisotopic (exact) mass is 228 g/mol. The predicted molar refractivity (Wildman–Crippen MR) is 57.0 cm³/mol. The van der Waals surface area contributed by atoms with Crippen LogP contribution in [0.1, 0.15) is 32.5 Å². The zero-order valence-electron chi connectivity index (χ0n) is 8.79. The molecule has 0 spiro atoms. The molecule has 1 aromatic rings. The van der Waals surface area contributed by atoms with Gasteiger partial charge in [-0.1, -0.05) is 24.9 Å². The first kappa shape index (κ1) is 11.9. The fraction of sp³-hybridized carbons (Fsp3) is 0.500. The van der Waals surface area contributed by atoms with Gasteiger partial charge in [-0.05, 0) is 6.42 Å². The van der Waals surface area contributed by atoms with Gasteiger partial charge in [-0.25, -0.2) is 9.97 Å². The van der Waals surface area contributed by atoms with E-state index < -0.39 is 5.97 Å². The van der Waals surface area contributed by atoms with Crippen molar-refractivity contribution in [1.29, 1.82) is 0 Å². The summed E-state index contributed by atoms with van der Waals surface area (Å²) in [7, 11) is 0. The van der Waals surface area contributed by atoms with Crippen LogP contribution in [0.25, 0.3) is 0 Å². The van der Waals surface area contributed by atoms with Crippen molar-refractivity contribution < 1.29 is 9.53 Å². The molecule has 0 aromatic carbocycles. The van der Waals surface area contributed by atoms with E-state index in [0.717, 1.165) is 19.3 Å². The summed E-state index contributed by atoms with van der Waals surface area (Å²) in [5.74, 6) is 0.462. The van der Waals surface area contributed by atoms with Crippen LogP contribution in [0.5, 0.6) is 5.75 Å². The predicted octanol–water partition coefficient (Wildman–Crippen LogP) is 2.40. The number of esters is 1. The van der Waals surface area contributed by atoms with Crippen LogP contribution in [0, 0.1) is 0 Å². The Morgan fingerprint density at radius 1 is 1.60 bits per heavy atom. The zero-order chi connectivity index (χ0) is 11.3. The van der Waals surface area contributed by atoms with Gasteiger partial charge >= 0.3 is 5.97 Å². The Hall–Kier alpha value is -1.16. The summed E-state index contributed by atoms with van der Waals surface area (Å²) in [5, 5.41) is 0.186. The average molecular weight is 229 g/mol. The second-order valence-corrected chi connectivity index (χ2v) is 3.50. The van der Waals surface area contributed by atoms with Crippen molar-refractivity contribution in [1.82, 2.24) is 9.97 Å². The Morgan fingerprint density at radius 3 is 2.87 bits per heavy atom. The van der Waals surface area contributed by atoms with Crippen molar-refractivity contribution in [2.24, 2.45) is 0 Å². The first-order valence-corrected chi connectivity index (χ1v) is 5.21. The van der Waals surface area contributed by atoms with Gasteiger partial charge in [0.15, 0.2) is 10.9 Å². The number of ether oxygens (including phenoxy) is 1. The summed E-state index contributed by atoms with van der Waals surface area (Å²) in [6.45, 7) is 3.40. The van der Waals surface area contributed by atoms with E-state index in [9.17, 15) is 4.79 Å². The van der Waals surface area contributed by atoms with Gasteiger partial charge in [0.25, 0.3) is 0 Å². The van der Waals surface area contributed by atoms with Crippen LogP contribution in [-0.4, -0.2) is 15.9 Å². The van der Waals surface area contributed by atoms with Crippen LogP contribution in [0.2, 0.25) is 5.15 Å². The molecule has 0 radical (unpaired) electrons. The van der Waals surface area contributed by atoms with Crippen molar-refractivity contribution >= 4 is 17.6 Å². The Morgan fingerprint density at radius 2 is 2.33 bits per heavy atom. The van der Waals surface area contributed by atoms with Gasteiger partial charge in [0.05, 0.1) is 6.20 Å². The van der Waals surface area contributed by atoms with Crippen LogP contribution in [-0.2, 0) is 11.2 Å². The summed E-state index contributed by atoms with van der Waals surface area (Å²) < 4.78 is 4.81. The molecule has 0 amide bonds. The lowest BCUT2D eigenvalue weighted by molar-refractivity contribution is -0.131.